The number of hydrogen-bond acceptors (Lipinski definition) is 4. The van der Waals surface area contributed by atoms with Gasteiger partial charge in [-0.2, -0.15) is 0 Å². The van der Waals surface area contributed by atoms with Crippen LogP contribution >= 0.6 is 0 Å². The number of nitrogens with zero attached hydrogens (tertiary/aromatic N) is 2. The van der Waals surface area contributed by atoms with Gasteiger partial charge in [0.1, 0.15) is 5.82 Å². The zero-order chi connectivity index (χ0) is 13.8. The molecular formula is C15H17N3O. The second-order valence-electron chi connectivity index (χ2n) is 3.94. The van der Waals surface area contributed by atoms with Crippen molar-refractivity contribution in [3.8, 4) is 11.3 Å². The van der Waals surface area contributed by atoms with E-state index in [9.17, 15) is 0 Å². The predicted molar refractivity (Wildman–Crippen MR) is 77.7 cm³/mol. The second kappa shape index (κ2) is 5.52. The molecule has 0 radical (unpaired) electrons. The third-order valence-corrected chi connectivity index (χ3v) is 2.90. The molecule has 19 heavy (non-hydrogen) atoms. The van der Waals surface area contributed by atoms with E-state index in [4.69, 9.17) is 10.2 Å². The summed E-state index contributed by atoms with van der Waals surface area (Å²) in [5.74, 6) is 1.33. The SMILES string of the molecule is CC.Cc1c(N)ncc2cc(-c3cnco3)ccc12. The quantitative estimate of drug-likeness (QED) is 0.718. The normalized spacial score (nSPS) is 10.1. The van der Waals surface area contributed by atoms with Crippen molar-refractivity contribution < 1.29 is 4.42 Å². The lowest BCUT2D eigenvalue weighted by molar-refractivity contribution is 0.572. The average molecular weight is 255 g/mol. The minimum atomic E-state index is 0.574. The van der Waals surface area contributed by atoms with E-state index in [1.807, 2.05) is 39.0 Å². The lowest BCUT2D eigenvalue weighted by Gasteiger charge is -2.05. The fraction of sp³-hybridized carbons (Fsp3) is 0.200. The van der Waals surface area contributed by atoms with Crippen LogP contribution in [0.1, 0.15) is 19.4 Å². The van der Waals surface area contributed by atoms with Gasteiger partial charge in [-0.3, -0.25) is 0 Å². The molecule has 3 rings (SSSR count). The van der Waals surface area contributed by atoms with Gasteiger partial charge in [-0.15, -0.1) is 0 Å². The molecule has 4 heteroatoms. The molecule has 0 bridgehead atoms. The molecule has 0 saturated carbocycles. The molecule has 4 nitrogen and oxygen atoms in total. The van der Waals surface area contributed by atoms with Crippen molar-refractivity contribution in [3.63, 3.8) is 0 Å². The van der Waals surface area contributed by atoms with Crippen molar-refractivity contribution in [2.75, 3.05) is 5.73 Å². The molecule has 0 amide bonds. The van der Waals surface area contributed by atoms with E-state index < -0.39 is 0 Å². The fourth-order valence-corrected chi connectivity index (χ4v) is 1.90. The van der Waals surface area contributed by atoms with Gasteiger partial charge in [0.25, 0.3) is 0 Å². The third kappa shape index (κ3) is 2.42. The van der Waals surface area contributed by atoms with Crippen molar-refractivity contribution in [2.24, 2.45) is 0 Å². The molecule has 0 aliphatic carbocycles. The molecule has 98 valence electrons. The van der Waals surface area contributed by atoms with Gasteiger partial charge in [0.15, 0.2) is 12.2 Å². The number of rotatable bonds is 1. The molecule has 0 aliphatic heterocycles. The van der Waals surface area contributed by atoms with Crippen LogP contribution in [0.5, 0.6) is 0 Å². The highest BCUT2D eigenvalue weighted by Crippen LogP contribution is 2.27. The highest BCUT2D eigenvalue weighted by Gasteiger charge is 2.06. The summed E-state index contributed by atoms with van der Waals surface area (Å²) in [4.78, 5) is 8.07. The van der Waals surface area contributed by atoms with E-state index in [0.29, 0.717) is 5.82 Å². The van der Waals surface area contributed by atoms with Crippen molar-refractivity contribution in [2.45, 2.75) is 20.8 Å². The van der Waals surface area contributed by atoms with Gasteiger partial charge in [0, 0.05) is 17.1 Å². The highest BCUT2D eigenvalue weighted by molar-refractivity contribution is 5.90. The monoisotopic (exact) mass is 255 g/mol. The molecule has 2 aromatic heterocycles. The van der Waals surface area contributed by atoms with Gasteiger partial charge < -0.3 is 10.2 Å². The van der Waals surface area contributed by atoms with Crippen molar-refractivity contribution in [1.29, 1.82) is 0 Å². The number of hydrogen-bond donors (Lipinski definition) is 1. The third-order valence-electron chi connectivity index (χ3n) is 2.90. The molecule has 0 fully saturated rings. The standard InChI is InChI=1S/C13H11N3O.C2H6/c1-8-11-3-2-9(12-6-15-7-17-12)4-10(11)5-16-13(8)14;1-2/h2-7H,1H3,(H2,14,16);1-2H3. The molecule has 0 saturated heterocycles. The summed E-state index contributed by atoms with van der Waals surface area (Å²) in [7, 11) is 0. The number of fused-ring (bicyclic) bond motifs is 1. The zero-order valence-electron chi connectivity index (χ0n) is 11.3. The van der Waals surface area contributed by atoms with Gasteiger partial charge in [-0.1, -0.05) is 26.0 Å². The Hall–Kier alpha value is -2.36. The van der Waals surface area contributed by atoms with Crippen LogP contribution in [0.15, 0.2) is 41.4 Å². The number of benzene rings is 1. The first-order chi connectivity index (χ1) is 9.25. The number of oxazole rings is 1. The van der Waals surface area contributed by atoms with Gasteiger partial charge >= 0.3 is 0 Å². The minimum Gasteiger partial charge on any atom is -0.444 e. The summed E-state index contributed by atoms with van der Waals surface area (Å²) in [6.45, 7) is 5.97. The summed E-state index contributed by atoms with van der Waals surface area (Å²) in [6, 6.07) is 6.05. The van der Waals surface area contributed by atoms with Crippen LogP contribution in [-0.4, -0.2) is 9.97 Å². The lowest BCUT2D eigenvalue weighted by atomic mass is 10.0. The van der Waals surface area contributed by atoms with Crippen molar-refractivity contribution >= 4 is 16.6 Å². The van der Waals surface area contributed by atoms with Gasteiger partial charge in [-0.25, -0.2) is 9.97 Å². The first-order valence-corrected chi connectivity index (χ1v) is 6.29. The molecule has 0 unspecified atom stereocenters. The van der Waals surface area contributed by atoms with Crippen LogP contribution < -0.4 is 5.73 Å². The summed E-state index contributed by atoms with van der Waals surface area (Å²) in [5.41, 5.74) is 7.77. The number of anilines is 1. The van der Waals surface area contributed by atoms with Gasteiger partial charge in [0.2, 0.25) is 0 Å². The van der Waals surface area contributed by atoms with Crippen LogP contribution in [0.3, 0.4) is 0 Å². The zero-order valence-corrected chi connectivity index (χ0v) is 11.3. The molecule has 3 aromatic rings. The Labute approximate surface area is 112 Å². The van der Waals surface area contributed by atoms with Crippen LogP contribution in [0.2, 0.25) is 0 Å². The van der Waals surface area contributed by atoms with E-state index in [-0.39, 0.29) is 0 Å². The van der Waals surface area contributed by atoms with E-state index in [2.05, 4.69) is 9.97 Å². The summed E-state index contributed by atoms with van der Waals surface area (Å²) in [6.07, 6.45) is 4.89. The van der Waals surface area contributed by atoms with Crippen LogP contribution in [0, 0.1) is 6.92 Å². The molecule has 0 spiro atoms. The summed E-state index contributed by atoms with van der Waals surface area (Å²) < 4.78 is 5.27. The van der Waals surface area contributed by atoms with Gasteiger partial charge in [-0.05, 0) is 23.9 Å². The first kappa shape index (κ1) is 13.1. The maximum atomic E-state index is 5.78. The molecule has 0 aliphatic rings. The second-order valence-corrected chi connectivity index (χ2v) is 3.94. The molecule has 2 N–H and O–H groups in total. The van der Waals surface area contributed by atoms with E-state index in [0.717, 1.165) is 27.7 Å². The van der Waals surface area contributed by atoms with Gasteiger partial charge in [0.05, 0.1) is 6.20 Å². The van der Waals surface area contributed by atoms with Crippen molar-refractivity contribution in [3.05, 3.63) is 42.5 Å². The number of nitrogen functional groups attached to an aromatic ring is 1. The maximum absolute atomic E-state index is 5.78. The predicted octanol–water partition coefficient (Wildman–Crippen LogP) is 3.81. The Bertz CT molecular complexity index is 675. The molecule has 2 heterocycles. The van der Waals surface area contributed by atoms with E-state index in [1.165, 1.54) is 6.39 Å². The van der Waals surface area contributed by atoms with Crippen LogP contribution in [0.4, 0.5) is 5.82 Å². The smallest absolute Gasteiger partial charge is 0.181 e. The number of aryl methyl sites for hydroxylation is 1. The Morgan fingerprint density at radius 1 is 1.16 bits per heavy atom. The lowest BCUT2D eigenvalue weighted by Crippen LogP contribution is -1.94. The fourth-order valence-electron chi connectivity index (χ4n) is 1.90. The Balaban J connectivity index is 0.000000637. The largest absolute Gasteiger partial charge is 0.444 e. The average Bonchev–Trinajstić information content (AvgIpc) is 2.99. The number of nitrogens with two attached hydrogens (primary N) is 1. The summed E-state index contributed by atoms with van der Waals surface area (Å²) in [5, 5.41) is 2.16. The number of aromatic nitrogens is 2. The van der Waals surface area contributed by atoms with Crippen LogP contribution in [0.25, 0.3) is 22.1 Å². The minimum absolute atomic E-state index is 0.574. The maximum Gasteiger partial charge on any atom is 0.181 e. The molecule has 0 atom stereocenters. The Morgan fingerprint density at radius 3 is 2.63 bits per heavy atom. The highest BCUT2D eigenvalue weighted by atomic mass is 16.3. The summed E-state index contributed by atoms with van der Waals surface area (Å²) >= 11 is 0. The van der Waals surface area contributed by atoms with Crippen LogP contribution in [-0.2, 0) is 0 Å². The van der Waals surface area contributed by atoms with E-state index >= 15 is 0 Å². The molecular weight excluding hydrogens is 238 g/mol. The first-order valence-electron chi connectivity index (χ1n) is 6.29. The van der Waals surface area contributed by atoms with E-state index in [1.54, 1.807) is 12.4 Å². The molecule has 1 aromatic carbocycles. The Morgan fingerprint density at radius 2 is 1.95 bits per heavy atom. The van der Waals surface area contributed by atoms with Crippen molar-refractivity contribution in [1.82, 2.24) is 9.97 Å². The topological polar surface area (TPSA) is 64.9 Å². The number of pyridine rings is 1. The Kier molecular flexibility index (Phi) is 3.80.